The molecule has 6 heteroatoms. The van der Waals surface area contributed by atoms with E-state index in [2.05, 4.69) is 15.3 Å². The number of nitrogen functional groups attached to an aromatic ring is 1. The molecule has 0 saturated heterocycles. The van der Waals surface area contributed by atoms with Crippen molar-refractivity contribution in [2.24, 2.45) is 0 Å². The first-order chi connectivity index (χ1) is 9.20. The van der Waals surface area contributed by atoms with Crippen LogP contribution in [0.4, 0.5) is 11.5 Å². The van der Waals surface area contributed by atoms with Gasteiger partial charge in [0.15, 0.2) is 11.0 Å². The molecule has 0 radical (unpaired) electrons. The number of anilines is 2. The van der Waals surface area contributed by atoms with Crippen LogP contribution in [-0.2, 0) is 6.54 Å². The Balaban J connectivity index is 2.06. The number of nitrogens with two attached hydrogens (primary N) is 1. The third-order valence-electron chi connectivity index (χ3n) is 2.50. The SMILES string of the molecule is CCOc1cccc(CNc2ncnc(Cl)c2N)c1. The van der Waals surface area contributed by atoms with Crippen LogP contribution in [0.5, 0.6) is 5.75 Å². The van der Waals surface area contributed by atoms with Crippen LogP contribution in [0.3, 0.4) is 0 Å². The predicted molar refractivity (Wildman–Crippen MR) is 76.4 cm³/mol. The van der Waals surface area contributed by atoms with Gasteiger partial charge in [0.2, 0.25) is 0 Å². The Morgan fingerprint density at radius 1 is 1.37 bits per heavy atom. The summed E-state index contributed by atoms with van der Waals surface area (Å²) < 4.78 is 5.44. The molecule has 0 unspecified atom stereocenters. The Hall–Kier alpha value is -2.01. The third kappa shape index (κ3) is 3.48. The fourth-order valence-corrected chi connectivity index (χ4v) is 1.75. The maximum Gasteiger partial charge on any atom is 0.157 e. The molecule has 0 aliphatic carbocycles. The summed E-state index contributed by atoms with van der Waals surface area (Å²) in [6.45, 7) is 3.18. The van der Waals surface area contributed by atoms with Crippen molar-refractivity contribution in [3.63, 3.8) is 0 Å². The van der Waals surface area contributed by atoms with Crippen LogP contribution in [0.15, 0.2) is 30.6 Å². The smallest absolute Gasteiger partial charge is 0.157 e. The van der Waals surface area contributed by atoms with E-state index in [-0.39, 0.29) is 5.15 Å². The highest BCUT2D eigenvalue weighted by molar-refractivity contribution is 6.32. The van der Waals surface area contributed by atoms with Crippen molar-refractivity contribution in [1.29, 1.82) is 0 Å². The first kappa shape index (κ1) is 13.4. The number of rotatable bonds is 5. The van der Waals surface area contributed by atoms with Gasteiger partial charge in [-0.25, -0.2) is 9.97 Å². The number of ether oxygens (including phenoxy) is 1. The maximum absolute atomic E-state index is 5.83. The van der Waals surface area contributed by atoms with Crippen molar-refractivity contribution in [1.82, 2.24) is 9.97 Å². The zero-order valence-corrected chi connectivity index (χ0v) is 11.3. The number of nitrogens with zero attached hydrogens (tertiary/aromatic N) is 2. The van der Waals surface area contributed by atoms with Gasteiger partial charge in [0.1, 0.15) is 17.8 Å². The van der Waals surface area contributed by atoms with Crippen LogP contribution in [0.1, 0.15) is 12.5 Å². The van der Waals surface area contributed by atoms with Crippen molar-refractivity contribution in [2.45, 2.75) is 13.5 Å². The Bertz CT molecular complexity index is 562. The Morgan fingerprint density at radius 3 is 3.00 bits per heavy atom. The number of halogens is 1. The molecule has 1 heterocycles. The lowest BCUT2D eigenvalue weighted by atomic mass is 10.2. The molecule has 0 spiro atoms. The number of benzene rings is 1. The molecule has 2 aromatic rings. The summed E-state index contributed by atoms with van der Waals surface area (Å²) in [5.41, 5.74) is 7.20. The molecule has 0 bridgehead atoms. The molecular weight excluding hydrogens is 264 g/mol. The molecule has 0 amide bonds. The summed E-state index contributed by atoms with van der Waals surface area (Å²) in [6, 6.07) is 7.82. The molecular formula is C13H15ClN4O. The van der Waals surface area contributed by atoms with Crippen molar-refractivity contribution in [2.75, 3.05) is 17.7 Å². The zero-order valence-electron chi connectivity index (χ0n) is 10.6. The highest BCUT2D eigenvalue weighted by atomic mass is 35.5. The maximum atomic E-state index is 5.83. The molecule has 0 aliphatic rings. The number of nitrogens with one attached hydrogen (secondary N) is 1. The average molecular weight is 279 g/mol. The lowest BCUT2D eigenvalue weighted by molar-refractivity contribution is 0.340. The van der Waals surface area contributed by atoms with Gasteiger partial charge in [0.05, 0.1) is 6.61 Å². The van der Waals surface area contributed by atoms with Crippen molar-refractivity contribution in [3.8, 4) is 5.75 Å². The van der Waals surface area contributed by atoms with E-state index in [1.165, 1.54) is 6.33 Å². The van der Waals surface area contributed by atoms with Crippen LogP contribution >= 0.6 is 11.6 Å². The highest BCUT2D eigenvalue weighted by Gasteiger charge is 2.05. The van der Waals surface area contributed by atoms with E-state index in [1.807, 2.05) is 31.2 Å². The molecule has 0 saturated carbocycles. The van der Waals surface area contributed by atoms with Crippen LogP contribution in [0.2, 0.25) is 5.15 Å². The average Bonchev–Trinajstić information content (AvgIpc) is 2.41. The summed E-state index contributed by atoms with van der Waals surface area (Å²) in [7, 11) is 0. The van der Waals surface area contributed by atoms with Crippen molar-refractivity contribution < 1.29 is 4.74 Å². The van der Waals surface area contributed by atoms with E-state index in [0.717, 1.165) is 11.3 Å². The van der Waals surface area contributed by atoms with Gasteiger partial charge in [0.25, 0.3) is 0 Å². The molecule has 0 fully saturated rings. The number of aromatic nitrogens is 2. The molecule has 19 heavy (non-hydrogen) atoms. The zero-order chi connectivity index (χ0) is 13.7. The lowest BCUT2D eigenvalue weighted by Gasteiger charge is -2.10. The van der Waals surface area contributed by atoms with Gasteiger partial charge in [-0.15, -0.1) is 0 Å². The van der Waals surface area contributed by atoms with E-state index in [4.69, 9.17) is 22.1 Å². The Labute approximate surface area is 116 Å². The predicted octanol–water partition coefficient (Wildman–Crippen LogP) is 2.72. The van der Waals surface area contributed by atoms with Crippen LogP contribution in [-0.4, -0.2) is 16.6 Å². The largest absolute Gasteiger partial charge is 0.494 e. The van der Waals surface area contributed by atoms with Gasteiger partial charge < -0.3 is 15.8 Å². The van der Waals surface area contributed by atoms with Crippen LogP contribution in [0.25, 0.3) is 0 Å². The number of hydrogen-bond donors (Lipinski definition) is 2. The van der Waals surface area contributed by atoms with Crippen molar-refractivity contribution in [3.05, 3.63) is 41.3 Å². The van der Waals surface area contributed by atoms with E-state index in [1.54, 1.807) is 0 Å². The second-order valence-corrected chi connectivity index (χ2v) is 4.22. The molecule has 2 rings (SSSR count). The van der Waals surface area contributed by atoms with E-state index < -0.39 is 0 Å². The normalized spacial score (nSPS) is 10.2. The fourth-order valence-electron chi connectivity index (χ4n) is 1.61. The van der Waals surface area contributed by atoms with Gasteiger partial charge in [-0.3, -0.25) is 0 Å². The molecule has 0 aliphatic heterocycles. The van der Waals surface area contributed by atoms with Gasteiger partial charge >= 0.3 is 0 Å². The van der Waals surface area contributed by atoms with Gasteiger partial charge in [-0.1, -0.05) is 23.7 Å². The van der Waals surface area contributed by atoms with E-state index >= 15 is 0 Å². The Morgan fingerprint density at radius 2 is 2.21 bits per heavy atom. The molecule has 1 aromatic carbocycles. The summed E-state index contributed by atoms with van der Waals surface area (Å²) in [5, 5.41) is 3.37. The summed E-state index contributed by atoms with van der Waals surface area (Å²) in [4.78, 5) is 7.85. The summed E-state index contributed by atoms with van der Waals surface area (Å²) >= 11 is 5.83. The minimum Gasteiger partial charge on any atom is -0.494 e. The van der Waals surface area contributed by atoms with Gasteiger partial charge in [0, 0.05) is 6.54 Å². The Kier molecular flexibility index (Phi) is 4.41. The standard InChI is InChI=1S/C13H15ClN4O/c1-2-19-10-5-3-4-9(6-10)7-16-13-11(15)12(14)17-8-18-13/h3-6,8H,2,7,15H2,1H3,(H,16,17,18). The van der Waals surface area contributed by atoms with E-state index in [0.29, 0.717) is 24.7 Å². The van der Waals surface area contributed by atoms with E-state index in [9.17, 15) is 0 Å². The van der Waals surface area contributed by atoms with Gasteiger partial charge in [-0.2, -0.15) is 0 Å². The minimum absolute atomic E-state index is 0.251. The quantitative estimate of drug-likeness (QED) is 0.823. The first-order valence-corrected chi connectivity index (χ1v) is 6.30. The molecule has 100 valence electrons. The monoisotopic (exact) mass is 278 g/mol. The summed E-state index contributed by atoms with van der Waals surface area (Å²) in [5.74, 6) is 1.37. The third-order valence-corrected chi connectivity index (χ3v) is 2.81. The van der Waals surface area contributed by atoms with Crippen LogP contribution in [0, 0.1) is 0 Å². The van der Waals surface area contributed by atoms with Crippen molar-refractivity contribution >= 4 is 23.1 Å². The molecule has 5 nitrogen and oxygen atoms in total. The molecule has 3 N–H and O–H groups in total. The number of hydrogen-bond acceptors (Lipinski definition) is 5. The first-order valence-electron chi connectivity index (χ1n) is 5.92. The molecule has 1 aromatic heterocycles. The fraction of sp³-hybridized carbons (Fsp3) is 0.231. The topological polar surface area (TPSA) is 73.1 Å². The second kappa shape index (κ2) is 6.24. The highest BCUT2D eigenvalue weighted by Crippen LogP contribution is 2.22. The second-order valence-electron chi connectivity index (χ2n) is 3.86. The molecule has 0 atom stereocenters. The minimum atomic E-state index is 0.251. The van der Waals surface area contributed by atoms with Gasteiger partial charge in [-0.05, 0) is 24.6 Å². The summed E-state index contributed by atoms with van der Waals surface area (Å²) in [6.07, 6.45) is 1.37. The van der Waals surface area contributed by atoms with Crippen LogP contribution < -0.4 is 15.8 Å². The lowest BCUT2D eigenvalue weighted by Crippen LogP contribution is -2.06.